The number of rotatable bonds is 2. The highest BCUT2D eigenvalue weighted by Gasteiger charge is 2.14. The van der Waals surface area contributed by atoms with Gasteiger partial charge in [-0.25, -0.2) is 0 Å². The number of nitrogens with zero attached hydrogens (tertiary/aromatic N) is 3. The molecule has 4 heteroatoms. The maximum Gasteiger partial charge on any atom is 0.264 e. The van der Waals surface area contributed by atoms with Gasteiger partial charge in [0.15, 0.2) is 0 Å². The molecule has 18 heavy (non-hydrogen) atoms. The first kappa shape index (κ1) is 11.0. The van der Waals surface area contributed by atoms with Crippen LogP contribution in [-0.4, -0.2) is 14.8 Å². The molecule has 2 heterocycles. The van der Waals surface area contributed by atoms with Crippen LogP contribution < -0.4 is 0 Å². The monoisotopic (exact) mass is 241 g/mol. The van der Waals surface area contributed by atoms with E-state index in [9.17, 15) is 0 Å². The van der Waals surface area contributed by atoms with Crippen LogP contribution in [0.1, 0.15) is 25.3 Å². The third-order valence-corrected chi connectivity index (χ3v) is 3.32. The van der Waals surface area contributed by atoms with Crippen molar-refractivity contribution >= 4 is 10.9 Å². The quantitative estimate of drug-likeness (QED) is 0.691. The number of aryl methyl sites for hydroxylation is 1. The second-order valence-electron chi connectivity index (χ2n) is 4.77. The Kier molecular flexibility index (Phi) is 2.44. The molecule has 1 aromatic carbocycles. The first-order valence-electron chi connectivity index (χ1n) is 6.03. The predicted molar refractivity (Wildman–Crippen MR) is 70.3 cm³/mol. The lowest BCUT2D eigenvalue weighted by atomic mass is 9.99. The zero-order chi connectivity index (χ0) is 12.7. The summed E-state index contributed by atoms with van der Waals surface area (Å²) >= 11 is 0. The van der Waals surface area contributed by atoms with Gasteiger partial charge in [0.1, 0.15) is 5.69 Å². The summed E-state index contributed by atoms with van der Waals surface area (Å²) in [4.78, 5) is 0. The van der Waals surface area contributed by atoms with Crippen LogP contribution in [0.2, 0.25) is 0 Å². The van der Waals surface area contributed by atoms with Crippen LogP contribution in [0.15, 0.2) is 35.1 Å². The van der Waals surface area contributed by atoms with E-state index in [4.69, 9.17) is 4.42 Å². The van der Waals surface area contributed by atoms with Gasteiger partial charge in [-0.15, -0.1) is 10.2 Å². The number of hydrogen-bond acceptors (Lipinski definition) is 3. The van der Waals surface area contributed by atoms with Crippen molar-refractivity contribution in [3.63, 3.8) is 0 Å². The van der Waals surface area contributed by atoms with Gasteiger partial charge in [-0.1, -0.05) is 26.0 Å². The van der Waals surface area contributed by atoms with Crippen LogP contribution in [0.3, 0.4) is 0 Å². The minimum atomic E-state index is 0.492. The van der Waals surface area contributed by atoms with Crippen molar-refractivity contribution in [2.75, 3.05) is 0 Å². The molecule has 0 aliphatic carbocycles. The molecule has 3 aromatic rings. The molecule has 0 amide bonds. The van der Waals surface area contributed by atoms with Gasteiger partial charge in [0.25, 0.3) is 5.89 Å². The van der Waals surface area contributed by atoms with Gasteiger partial charge < -0.3 is 8.98 Å². The van der Waals surface area contributed by atoms with Crippen molar-refractivity contribution in [2.24, 2.45) is 7.05 Å². The summed E-state index contributed by atoms with van der Waals surface area (Å²) in [7, 11) is 2.02. The van der Waals surface area contributed by atoms with E-state index in [2.05, 4.69) is 52.9 Å². The van der Waals surface area contributed by atoms with Crippen molar-refractivity contribution in [2.45, 2.75) is 19.8 Å². The fourth-order valence-electron chi connectivity index (χ4n) is 2.38. The lowest BCUT2D eigenvalue weighted by Crippen LogP contribution is -1.92. The minimum absolute atomic E-state index is 0.492. The average molecular weight is 241 g/mol. The molecule has 0 saturated heterocycles. The van der Waals surface area contributed by atoms with Crippen molar-refractivity contribution in [1.82, 2.24) is 14.8 Å². The zero-order valence-electron chi connectivity index (χ0n) is 10.7. The van der Waals surface area contributed by atoms with Crippen LogP contribution in [0, 0.1) is 0 Å². The molecule has 3 rings (SSSR count). The number of fused-ring (bicyclic) bond motifs is 1. The second kappa shape index (κ2) is 3.98. The largest absolute Gasteiger partial charge is 0.422 e. The van der Waals surface area contributed by atoms with E-state index in [1.54, 1.807) is 0 Å². The molecule has 0 aliphatic heterocycles. The first-order valence-corrected chi connectivity index (χ1v) is 6.03. The van der Waals surface area contributed by atoms with Crippen molar-refractivity contribution in [3.05, 3.63) is 36.2 Å². The Hall–Kier alpha value is -2.10. The normalized spacial score (nSPS) is 11.6. The van der Waals surface area contributed by atoms with E-state index in [0.717, 1.165) is 5.69 Å². The van der Waals surface area contributed by atoms with Gasteiger partial charge in [0.05, 0.1) is 0 Å². The molecule has 0 atom stereocenters. The summed E-state index contributed by atoms with van der Waals surface area (Å²) in [6.45, 7) is 4.41. The van der Waals surface area contributed by atoms with Crippen molar-refractivity contribution < 1.29 is 4.42 Å². The molecule has 0 unspecified atom stereocenters. The van der Waals surface area contributed by atoms with Gasteiger partial charge in [-0.05, 0) is 23.6 Å². The van der Waals surface area contributed by atoms with Crippen LogP contribution in [0.5, 0.6) is 0 Å². The maximum absolute atomic E-state index is 5.29. The van der Waals surface area contributed by atoms with Gasteiger partial charge in [-0.3, -0.25) is 0 Å². The summed E-state index contributed by atoms with van der Waals surface area (Å²) in [5.41, 5.74) is 3.49. The van der Waals surface area contributed by atoms with Crippen molar-refractivity contribution in [1.29, 1.82) is 0 Å². The van der Waals surface area contributed by atoms with E-state index >= 15 is 0 Å². The summed E-state index contributed by atoms with van der Waals surface area (Å²) in [5.74, 6) is 1.05. The lowest BCUT2D eigenvalue weighted by Gasteiger charge is -2.07. The van der Waals surface area contributed by atoms with Crippen molar-refractivity contribution in [3.8, 4) is 11.6 Å². The highest BCUT2D eigenvalue weighted by molar-refractivity contribution is 5.88. The Morgan fingerprint density at radius 1 is 1.28 bits per heavy atom. The molecule has 0 bridgehead atoms. The second-order valence-corrected chi connectivity index (χ2v) is 4.77. The molecular weight excluding hydrogens is 226 g/mol. The van der Waals surface area contributed by atoms with E-state index in [0.29, 0.717) is 11.8 Å². The zero-order valence-corrected chi connectivity index (χ0v) is 10.7. The standard InChI is InChI=1S/C14H15N3O/c1-9(2)10-5-4-6-12-11(10)7-13(17(12)3)14-16-15-8-18-14/h4-9H,1-3H3. The van der Waals surface area contributed by atoms with E-state index in [1.807, 2.05) is 7.05 Å². The summed E-state index contributed by atoms with van der Waals surface area (Å²) in [6.07, 6.45) is 1.36. The molecule has 4 nitrogen and oxygen atoms in total. The van der Waals surface area contributed by atoms with Crippen LogP contribution in [-0.2, 0) is 7.05 Å². The predicted octanol–water partition coefficient (Wildman–Crippen LogP) is 3.35. The van der Waals surface area contributed by atoms with Crippen LogP contribution in [0.25, 0.3) is 22.5 Å². The fourth-order valence-corrected chi connectivity index (χ4v) is 2.38. The molecular formula is C14H15N3O. The summed E-state index contributed by atoms with van der Waals surface area (Å²) < 4.78 is 7.38. The van der Waals surface area contributed by atoms with Gasteiger partial charge in [0, 0.05) is 18.0 Å². The number of benzene rings is 1. The fraction of sp³-hybridized carbons (Fsp3) is 0.286. The number of aromatic nitrogens is 3. The molecule has 2 aromatic heterocycles. The molecule has 0 saturated carbocycles. The molecule has 0 spiro atoms. The molecule has 0 N–H and O–H groups in total. The molecule has 0 fully saturated rings. The maximum atomic E-state index is 5.29. The Morgan fingerprint density at radius 2 is 2.11 bits per heavy atom. The van der Waals surface area contributed by atoms with Gasteiger partial charge in [-0.2, -0.15) is 0 Å². The Morgan fingerprint density at radius 3 is 2.78 bits per heavy atom. The van der Waals surface area contributed by atoms with Gasteiger partial charge >= 0.3 is 0 Å². The molecule has 92 valence electrons. The van der Waals surface area contributed by atoms with E-state index in [1.165, 1.54) is 22.9 Å². The average Bonchev–Trinajstić information content (AvgIpc) is 2.97. The lowest BCUT2D eigenvalue weighted by molar-refractivity contribution is 0.564. The van der Waals surface area contributed by atoms with Crippen LogP contribution >= 0.6 is 0 Å². The summed E-state index contributed by atoms with van der Waals surface area (Å²) in [5, 5.41) is 8.97. The highest BCUT2D eigenvalue weighted by atomic mass is 16.4. The number of hydrogen-bond donors (Lipinski definition) is 0. The third-order valence-electron chi connectivity index (χ3n) is 3.32. The molecule has 0 radical (unpaired) electrons. The van der Waals surface area contributed by atoms with Gasteiger partial charge in [0.2, 0.25) is 6.39 Å². The Bertz CT molecular complexity index is 680. The summed E-state index contributed by atoms with van der Waals surface area (Å²) in [6, 6.07) is 8.50. The Balaban J connectivity index is 2.31. The van der Waals surface area contributed by atoms with E-state index in [-0.39, 0.29) is 0 Å². The third kappa shape index (κ3) is 1.53. The van der Waals surface area contributed by atoms with Crippen LogP contribution in [0.4, 0.5) is 0 Å². The SMILES string of the molecule is CC(C)c1cccc2c1cc(-c1nnco1)n2C. The molecule has 0 aliphatic rings. The Labute approximate surface area is 105 Å². The smallest absolute Gasteiger partial charge is 0.264 e. The minimum Gasteiger partial charge on any atom is -0.422 e. The highest BCUT2D eigenvalue weighted by Crippen LogP contribution is 2.31. The van der Waals surface area contributed by atoms with E-state index < -0.39 is 0 Å². The first-order chi connectivity index (χ1) is 8.68. The topological polar surface area (TPSA) is 43.9 Å².